The Bertz CT molecular complexity index is 2660. The van der Waals surface area contributed by atoms with Crippen LogP contribution in [0.4, 0.5) is 4.79 Å². The van der Waals surface area contributed by atoms with Crippen molar-refractivity contribution < 1.29 is 28.7 Å². The molecule has 0 amide bonds. The predicted octanol–water partition coefficient (Wildman–Crippen LogP) is 14.7. The highest BCUT2D eigenvalue weighted by atomic mass is 16.7. The fourth-order valence-electron chi connectivity index (χ4n) is 8.63. The van der Waals surface area contributed by atoms with E-state index in [4.69, 9.17) is 41.5 Å². The highest BCUT2D eigenvalue weighted by Crippen LogP contribution is 2.49. The number of benzene rings is 2. The van der Waals surface area contributed by atoms with E-state index in [2.05, 4.69) is 49.4 Å². The Kier molecular flexibility index (Phi) is 25.0. The molecule has 0 heterocycles. The largest absolute Gasteiger partial charge is 0.510 e. The third-order valence-corrected chi connectivity index (χ3v) is 12.9. The minimum atomic E-state index is -1.18. The van der Waals surface area contributed by atoms with Crippen LogP contribution in [0, 0.1) is 65.2 Å². The van der Waals surface area contributed by atoms with Crippen molar-refractivity contribution in [3.8, 4) is 12.1 Å². The number of fused-ring (bicyclic) bond motifs is 1. The molecule has 73 heavy (non-hydrogen) atoms. The second-order valence-electron chi connectivity index (χ2n) is 19.3. The van der Waals surface area contributed by atoms with Crippen molar-refractivity contribution in [2.24, 2.45) is 16.2 Å². The number of rotatable bonds is 8. The Hall–Kier alpha value is -8.16. The van der Waals surface area contributed by atoms with Crippen molar-refractivity contribution in [3.63, 3.8) is 0 Å². The van der Waals surface area contributed by atoms with E-state index in [0.717, 1.165) is 73.6 Å². The zero-order valence-corrected chi connectivity index (χ0v) is 43.3. The molecule has 4 aliphatic carbocycles. The second kappa shape index (κ2) is 29.9. The van der Waals surface area contributed by atoms with E-state index in [1.807, 2.05) is 93.6 Å². The molecule has 3 atom stereocenters. The van der Waals surface area contributed by atoms with Gasteiger partial charge in [-0.3, -0.25) is 14.4 Å². The van der Waals surface area contributed by atoms with Gasteiger partial charge in [-0.25, -0.2) is 44.3 Å². The first-order chi connectivity index (χ1) is 34.7. The topological polar surface area (TPSA) is 152 Å². The van der Waals surface area contributed by atoms with Crippen molar-refractivity contribution >= 4 is 35.7 Å². The molecule has 0 spiro atoms. The molecule has 0 radical (unpaired) electrons. The molecule has 3 unspecified atom stereocenters. The van der Waals surface area contributed by atoms with E-state index in [1.165, 1.54) is 6.08 Å². The van der Waals surface area contributed by atoms with Gasteiger partial charge < -0.3 is 14.3 Å². The SMILES string of the molecule is C=C(/C=C/c1ccccc1)C1(C)CCCCC1=O.C=CCOC(=O)OC(C)(C)C.[C-]#[N+]/C(C#N)=C1\CCCCC1(C)C(=O)/C=C/c1ccccc1.[C-]#[N+]C1([N+]#[C-])CC=CC(=O)C2(C)CCCC=C12.[C-]#[N+]CC#N. The van der Waals surface area contributed by atoms with Crippen LogP contribution >= 0.6 is 0 Å². The molecule has 6 rings (SSSR count). The van der Waals surface area contributed by atoms with Gasteiger partial charge in [0, 0.05) is 11.8 Å². The number of ether oxygens (including phenoxy) is 2. The molecule has 0 bridgehead atoms. The minimum Gasteiger partial charge on any atom is -0.430 e. The lowest BCUT2D eigenvalue weighted by molar-refractivity contribution is -0.128. The predicted molar refractivity (Wildman–Crippen MR) is 287 cm³/mol. The summed E-state index contributed by atoms with van der Waals surface area (Å²) in [6.45, 7) is 46.6. The van der Waals surface area contributed by atoms with Gasteiger partial charge in [-0.05, 0) is 121 Å². The summed E-state index contributed by atoms with van der Waals surface area (Å²) >= 11 is 0. The summed E-state index contributed by atoms with van der Waals surface area (Å²) in [5.41, 5.74) is 1.20. The summed E-state index contributed by atoms with van der Waals surface area (Å²) in [6.07, 6.45) is 23.3. The molecular weight excluding hydrogens is 913 g/mol. The number of allylic oxidation sites excluding steroid dienone is 7. The van der Waals surface area contributed by atoms with Gasteiger partial charge >= 0.3 is 11.8 Å². The molecule has 2 fully saturated rings. The van der Waals surface area contributed by atoms with Crippen molar-refractivity contribution in [1.82, 2.24) is 0 Å². The monoisotopic (exact) mass is 981 g/mol. The number of hydrogen-bond acceptors (Lipinski definition) is 8. The van der Waals surface area contributed by atoms with Crippen LogP contribution in [-0.2, 0) is 23.9 Å². The zero-order valence-electron chi connectivity index (χ0n) is 43.3. The van der Waals surface area contributed by atoms with Gasteiger partial charge in [0.2, 0.25) is 0 Å². The van der Waals surface area contributed by atoms with E-state index < -0.39 is 28.2 Å². The average Bonchev–Trinajstić information content (AvgIpc) is 3.50. The molecule has 12 heteroatoms. The number of nitrogens with zero attached hydrogens (tertiary/aromatic N) is 6. The maximum Gasteiger partial charge on any atom is 0.510 e. The van der Waals surface area contributed by atoms with Crippen LogP contribution in [0.3, 0.4) is 0 Å². The molecule has 0 aromatic heterocycles. The lowest BCUT2D eigenvalue weighted by atomic mass is 9.67. The standard InChI is InChI=1S/C19H18N2O.C17H20O.C14H14N2O.C8H14O3.C3H2N2/c1-19(13-7-6-10-16(19)17(14-20)21-2)18(22)12-11-15-8-4-3-5-9-15;1-14(11-12-15-8-4-3-5-9-15)17(2)13-7-6-10-16(17)18;1-13-9-5-4-7-11(13)14(15-2,16-3)10-6-8-12(13)17;1-5-6-10-7(9)11-8(2,3)4;1-5-3-2-4/h3-5,8-9,11-12H,6-7,10,13H2,1H3;3-5,8-9,11-12H,1,6-7,10,13H2,2H3;6-8H,4-5,9-10H2,1H3;5H,1,6H2,2-4H3;3H2/b12-11+,17-16+;12-11+;;;. The average molecular weight is 981 g/mol. The summed E-state index contributed by atoms with van der Waals surface area (Å²) in [5.74, 6) is 0.358. The van der Waals surface area contributed by atoms with Crippen LogP contribution in [-0.4, -0.2) is 47.9 Å². The maximum absolute atomic E-state index is 12.7. The van der Waals surface area contributed by atoms with Crippen LogP contribution in [0.2, 0.25) is 0 Å². The van der Waals surface area contributed by atoms with E-state index in [1.54, 1.807) is 51.1 Å². The summed E-state index contributed by atoms with van der Waals surface area (Å²) in [7, 11) is 0. The molecule has 378 valence electrons. The summed E-state index contributed by atoms with van der Waals surface area (Å²) in [6, 6.07) is 23.4. The minimum absolute atomic E-state index is 0.0139. The van der Waals surface area contributed by atoms with Gasteiger partial charge in [0.15, 0.2) is 11.6 Å². The lowest BCUT2D eigenvalue weighted by Gasteiger charge is -2.34. The van der Waals surface area contributed by atoms with Gasteiger partial charge in [-0.2, -0.15) is 5.26 Å². The Morgan fingerprint density at radius 1 is 0.808 bits per heavy atom. The van der Waals surface area contributed by atoms with Crippen molar-refractivity contribution in [3.05, 3.63) is 189 Å². The molecule has 4 aliphatic rings. The number of hydrogen-bond donors (Lipinski definition) is 0. The van der Waals surface area contributed by atoms with E-state index in [-0.39, 0.29) is 35.8 Å². The highest BCUT2D eigenvalue weighted by molar-refractivity contribution is 6.00. The van der Waals surface area contributed by atoms with Gasteiger partial charge in [0.05, 0.1) is 23.5 Å². The molecule has 0 aliphatic heterocycles. The first-order valence-electron chi connectivity index (χ1n) is 24.3. The normalized spacial score (nSPS) is 22.1. The van der Waals surface area contributed by atoms with Crippen LogP contribution in [0.25, 0.3) is 31.5 Å². The van der Waals surface area contributed by atoms with Crippen LogP contribution in [0.5, 0.6) is 0 Å². The quantitative estimate of drug-likeness (QED) is 0.0482. The molecule has 0 N–H and O–H groups in total. The molecular formula is C61H68N6O6. The van der Waals surface area contributed by atoms with Crippen molar-refractivity contribution in [1.29, 1.82) is 10.5 Å². The molecule has 2 saturated carbocycles. The number of Topliss-reactive ketones (excluding diaryl/α,β-unsaturated/α-hetero) is 1. The number of nitriles is 2. The number of ketones is 3. The van der Waals surface area contributed by atoms with Gasteiger partial charge in [-0.15, -0.1) is 0 Å². The second-order valence-corrected chi connectivity index (χ2v) is 19.3. The van der Waals surface area contributed by atoms with Crippen LogP contribution in [0.15, 0.2) is 133 Å². The smallest absolute Gasteiger partial charge is 0.430 e. The first-order valence-corrected chi connectivity index (χ1v) is 24.3. The third kappa shape index (κ3) is 18.2. The number of carbonyl (C=O) groups excluding carboxylic acids is 4. The molecule has 2 aromatic rings. The fraction of sp³-hybridized carbons (Fsp3) is 0.410. The van der Waals surface area contributed by atoms with E-state index >= 15 is 0 Å². The van der Waals surface area contributed by atoms with Crippen LogP contribution in [0.1, 0.15) is 130 Å². The van der Waals surface area contributed by atoms with Crippen molar-refractivity contribution in [2.45, 2.75) is 130 Å². The highest BCUT2D eigenvalue weighted by Gasteiger charge is 2.58. The van der Waals surface area contributed by atoms with E-state index in [9.17, 15) is 19.2 Å². The van der Waals surface area contributed by atoms with Gasteiger partial charge in [0.1, 0.15) is 36.1 Å². The van der Waals surface area contributed by atoms with Gasteiger partial charge in [0.25, 0.3) is 12.2 Å². The van der Waals surface area contributed by atoms with Gasteiger partial charge in [-0.1, -0.05) is 130 Å². The molecule has 12 nitrogen and oxygen atoms in total. The van der Waals surface area contributed by atoms with Crippen LogP contribution < -0.4 is 0 Å². The first kappa shape index (κ1) is 61.0. The Morgan fingerprint density at radius 3 is 1.88 bits per heavy atom. The fourth-order valence-corrected chi connectivity index (χ4v) is 8.63. The zero-order chi connectivity index (χ0) is 54.6. The Morgan fingerprint density at radius 2 is 1.38 bits per heavy atom. The Labute approximate surface area is 434 Å². The third-order valence-electron chi connectivity index (χ3n) is 12.9. The number of carbonyl (C=O) groups is 4. The summed E-state index contributed by atoms with van der Waals surface area (Å²) < 4.78 is 9.42. The summed E-state index contributed by atoms with van der Waals surface area (Å²) in [4.78, 5) is 60.8. The van der Waals surface area contributed by atoms with Crippen molar-refractivity contribution in [2.75, 3.05) is 13.2 Å². The summed E-state index contributed by atoms with van der Waals surface area (Å²) in [5, 5.41) is 16.8. The van der Waals surface area contributed by atoms with E-state index in [0.29, 0.717) is 37.0 Å². The maximum atomic E-state index is 12.7. The lowest BCUT2D eigenvalue weighted by Crippen LogP contribution is -2.38. The molecule has 0 saturated heterocycles. The Balaban J connectivity index is 0.000000330. The molecule has 2 aromatic carbocycles.